The maximum Gasteiger partial charge on any atom is 0.335 e. The van der Waals surface area contributed by atoms with Gasteiger partial charge in [0.1, 0.15) is 23.3 Å². The van der Waals surface area contributed by atoms with Crippen LogP contribution in [0.3, 0.4) is 0 Å². The third-order valence-electron chi connectivity index (χ3n) is 6.21. The lowest BCUT2D eigenvalue weighted by Crippen LogP contribution is -2.54. The minimum atomic E-state index is -0.921. The van der Waals surface area contributed by atoms with Crippen LogP contribution in [0.5, 0.6) is 11.6 Å². The minimum absolute atomic E-state index is 0.124. The summed E-state index contributed by atoms with van der Waals surface area (Å²) in [6.45, 7) is 3.68. The SMILES string of the molecule is Cc1cc(/C=C2\C(=O)NC(=O)N(c3ccc(F)cc3)C2=O)c(C)n1-c1ccc(Oc2ccc([N+](=O)[O-])cn2)cc1. The smallest absolute Gasteiger partial charge is 0.335 e. The van der Waals surface area contributed by atoms with Crippen molar-refractivity contribution in [2.45, 2.75) is 13.8 Å². The number of aryl methyl sites for hydroxylation is 1. The zero-order valence-electron chi connectivity index (χ0n) is 21.1. The van der Waals surface area contributed by atoms with Crippen LogP contribution in [0.15, 0.2) is 78.5 Å². The van der Waals surface area contributed by atoms with Crippen molar-refractivity contribution in [3.05, 3.63) is 111 Å². The average molecular weight is 541 g/mol. The number of imide groups is 2. The van der Waals surface area contributed by atoms with Gasteiger partial charge < -0.3 is 9.30 Å². The van der Waals surface area contributed by atoms with Gasteiger partial charge in [-0.1, -0.05) is 0 Å². The Morgan fingerprint density at radius 2 is 1.65 bits per heavy atom. The van der Waals surface area contributed by atoms with E-state index in [0.29, 0.717) is 11.3 Å². The molecule has 4 amide bonds. The normalized spacial score (nSPS) is 14.4. The van der Waals surface area contributed by atoms with Crippen LogP contribution in [-0.2, 0) is 9.59 Å². The Hall–Kier alpha value is -5.65. The number of aromatic nitrogens is 2. The van der Waals surface area contributed by atoms with E-state index >= 15 is 0 Å². The highest BCUT2D eigenvalue weighted by atomic mass is 19.1. The van der Waals surface area contributed by atoms with E-state index in [1.165, 1.54) is 30.3 Å². The number of nitro groups is 1. The predicted molar refractivity (Wildman–Crippen MR) is 142 cm³/mol. The monoisotopic (exact) mass is 541 g/mol. The van der Waals surface area contributed by atoms with E-state index in [4.69, 9.17) is 4.74 Å². The first-order valence-electron chi connectivity index (χ1n) is 11.9. The van der Waals surface area contributed by atoms with Gasteiger partial charge >= 0.3 is 6.03 Å². The number of anilines is 1. The summed E-state index contributed by atoms with van der Waals surface area (Å²) < 4.78 is 20.9. The first kappa shape index (κ1) is 26.0. The van der Waals surface area contributed by atoms with E-state index < -0.39 is 28.6 Å². The molecule has 0 spiro atoms. The summed E-state index contributed by atoms with van der Waals surface area (Å²) in [6.07, 6.45) is 2.52. The van der Waals surface area contributed by atoms with Crippen molar-refractivity contribution in [2.75, 3.05) is 4.90 Å². The molecule has 1 aliphatic rings. The standard InChI is InChI=1S/C28H20FN5O6/c1-16-13-18(14-24-26(35)31-28(37)33(27(24)36)21-5-3-19(29)4-6-21)17(2)32(16)20-7-10-23(11-8-20)40-25-12-9-22(15-30-25)34(38)39/h3-15H,1-2H3,(H,31,35,37)/b24-14+. The van der Waals surface area contributed by atoms with Gasteiger partial charge in [-0.25, -0.2) is 19.1 Å². The van der Waals surface area contributed by atoms with E-state index in [9.17, 15) is 28.9 Å². The fourth-order valence-electron chi connectivity index (χ4n) is 4.29. The zero-order valence-corrected chi connectivity index (χ0v) is 21.1. The van der Waals surface area contributed by atoms with Gasteiger partial charge in [-0.3, -0.25) is 25.0 Å². The molecular formula is C28H20FN5O6. The Kier molecular flexibility index (Phi) is 6.66. The average Bonchev–Trinajstić information content (AvgIpc) is 3.20. The molecule has 0 aliphatic carbocycles. The van der Waals surface area contributed by atoms with Crippen molar-refractivity contribution in [1.82, 2.24) is 14.9 Å². The van der Waals surface area contributed by atoms with Crippen LogP contribution >= 0.6 is 0 Å². The Labute approximate surface area is 226 Å². The van der Waals surface area contributed by atoms with E-state index in [2.05, 4.69) is 10.3 Å². The number of carbonyl (C=O) groups is 3. The van der Waals surface area contributed by atoms with Crippen LogP contribution in [0.2, 0.25) is 0 Å². The van der Waals surface area contributed by atoms with Crippen molar-refractivity contribution in [2.24, 2.45) is 0 Å². The van der Waals surface area contributed by atoms with Gasteiger partial charge in [0, 0.05) is 29.2 Å². The molecule has 0 radical (unpaired) electrons. The highest BCUT2D eigenvalue weighted by Gasteiger charge is 2.37. The topological polar surface area (TPSA) is 137 Å². The number of amides is 4. The number of nitrogens with one attached hydrogen (secondary N) is 1. The molecular weight excluding hydrogens is 521 g/mol. The molecule has 0 unspecified atom stereocenters. The molecule has 1 saturated heterocycles. The number of ether oxygens (including phenoxy) is 1. The summed E-state index contributed by atoms with van der Waals surface area (Å²) in [6, 6.07) is 15.4. The third kappa shape index (κ3) is 4.92. The van der Waals surface area contributed by atoms with Crippen molar-refractivity contribution in [1.29, 1.82) is 0 Å². The second-order valence-corrected chi connectivity index (χ2v) is 8.80. The largest absolute Gasteiger partial charge is 0.439 e. The van der Waals surface area contributed by atoms with Crippen molar-refractivity contribution < 1.29 is 28.4 Å². The van der Waals surface area contributed by atoms with Crippen molar-refractivity contribution in [3.63, 3.8) is 0 Å². The summed E-state index contributed by atoms with van der Waals surface area (Å²) in [4.78, 5) is 53.1. The van der Waals surface area contributed by atoms with Gasteiger partial charge in [0.2, 0.25) is 5.88 Å². The number of hydrogen-bond donors (Lipinski definition) is 1. The molecule has 1 fully saturated rings. The first-order chi connectivity index (χ1) is 19.1. The van der Waals surface area contributed by atoms with Gasteiger partial charge in [-0.15, -0.1) is 0 Å². The molecule has 0 saturated carbocycles. The molecule has 2 aromatic carbocycles. The molecule has 0 bridgehead atoms. The summed E-state index contributed by atoms with van der Waals surface area (Å²) >= 11 is 0. The summed E-state index contributed by atoms with van der Waals surface area (Å²) in [5.41, 5.74) is 2.62. The molecule has 11 nitrogen and oxygen atoms in total. The Bertz CT molecular complexity index is 1690. The number of rotatable bonds is 6. The molecule has 0 atom stereocenters. The quantitative estimate of drug-likeness (QED) is 0.157. The van der Waals surface area contributed by atoms with E-state index in [0.717, 1.165) is 40.3 Å². The van der Waals surface area contributed by atoms with Crippen LogP contribution in [0, 0.1) is 29.8 Å². The number of urea groups is 1. The number of hydrogen-bond acceptors (Lipinski definition) is 7. The van der Waals surface area contributed by atoms with Crippen molar-refractivity contribution >= 4 is 35.3 Å². The van der Waals surface area contributed by atoms with E-state index in [1.807, 2.05) is 18.4 Å². The summed E-state index contributed by atoms with van der Waals surface area (Å²) in [5, 5.41) is 13.0. The first-order valence-corrected chi connectivity index (χ1v) is 11.9. The highest BCUT2D eigenvalue weighted by Crippen LogP contribution is 2.28. The van der Waals surface area contributed by atoms with Gasteiger partial charge in [0.25, 0.3) is 17.5 Å². The molecule has 40 heavy (non-hydrogen) atoms. The fraction of sp³-hybridized carbons (Fsp3) is 0.0714. The second kappa shape index (κ2) is 10.3. The van der Waals surface area contributed by atoms with Gasteiger partial charge in [0.15, 0.2) is 0 Å². The van der Waals surface area contributed by atoms with Crippen LogP contribution in [0.25, 0.3) is 11.8 Å². The van der Waals surface area contributed by atoms with Gasteiger partial charge in [-0.2, -0.15) is 0 Å². The molecule has 2 aromatic heterocycles. The second-order valence-electron chi connectivity index (χ2n) is 8.80. The Morgan fingerprint density at radius 3 is 2.27 bits per heavy atom. The number of barbiturate groups is 1. The summed E-state index contributed by atoms with van der Waals surface area (Å²) in [7, 11) is 0. The molecule has 3 heterocycles. The Morgan fingerprint density at radius 1 is 0.975 bits per heavy atom. The van der Waals surface area contributed by atoms with E-state index in [1.54, 1.807) is 30.3 Å². The van der Waals surface area contributed by atoms with E-state index in [-0.39, 0.29) is 22.8 Å². The van der Waals surface area contributed by atoms with Crippen LogP contribution in [-0.4, -0.2) is 32.3 Å². The molecule has 12 heteroatoms. The molecule has 5 rings (SSSR count). The minimum Gasteiger partial charge on any atom is -0.439 e. The van der Waals surface area contributed by atoms with Crippen LogP contribution in [0.1, 0.15) is 17.0 Å². The Balaban J connectivity index is 1.41. The number of halogens is 1. The maximum absolute atomic E-state index is 13.4. The molecule has 4 aromatic rings. The maximum atomic E-state index is 13.4. The highest BCUT2D eigenvalue weighted by molar-refractivity contribution is 6.39. The molecule has 1 N–H and O–H groups in total. The number of carbonyl (C=O) groups excluding carboxylic acids is 3. The fourth-order valence-corrected chi connectivity index (χ4v) is 4.29. The van der Waals surface area contributed by atoms with Crippen molar-refractivity contribution in [3.8, 4) is 17.3 Å². The number of benzene rings is 2. The van der Waals surface area contributed by atoms with Crippen LogP contribution < -0.4 is 15.0 Å². The molecule has 200 valence electrons. The lowest BCUT2D eigenvalue weighted by molar-refractivity contribution is -0.385. The predicted octanol–water partition coefficient (Wildman–Crippen LogP) is 5.00. The van der Waals surface area contributed by atoms with Crippen LogP contribution in [0.4, 0.5) is 20.6 Å². The lowest BCUT2D eigenvalue weighted by Gasteiger charge is -2.26. The number of pyridine rings is 1. The lowest BCUT2D eigenvalue weighted by atomic mass is 10.1. The molecule has 1 aliphatic heterocycles. The summed E-state index contributed by atoms with van der Waals surface area (Å²) in [5.74, 6) is -1.53. The van der Waals surface area contributed by atoms with Gasteiger partial charge in [-0.05, 0) is 80.1 Å². The number of nitrogens with zero attached hydrogens (tertiary/aromatic N) is 4. The zero-order chi connectivity index (χ0) is 28.6. The third-order valence-corrected chi connectivity index (χ3v) is 6.21. The van der Waals surface area contributed by atoms with Gasteiger partial charge in [0.05, 0.1) is 10.6 Å².